The smallest absolute Gasteiger partial charge is 0.323 e. The lowest BCUT2D eigenvalue weighted by atomic mass is 10.2. The topological polar surface area (TPSA) is 104 Å². The molecule has 1 heterocycles. The Morgan fingerprint density at radius 2 is 2.00 bits per heavy atom. The predicted octanol–water partition coefficient (Wildman–Crippen LogP) is 0.924. The Kier molecular flexibility index (Phi) is 3.78. The Morgan fingerprint density at radius 1 is 1.22 bits per heavy atom. The number of nitrogens with one attached hydrogen (secondary N) is 3. The first-order valence-electron chi connectivity index (χ1n) is 5.91. The number of amides is 1. The van der Waals surface area contributed by atoms with Gasteiger partial charge in [-0.2, -0.15) is 0 Å². The van der Waals surface area contributed by atoms with Crippen molar-refractivity contribution in [2.75, 3.05) is 11.9 Å². The fourth-order valence-corrected chi connectivity index (χ4v) is 1.76. The average molecular weight is 248 g/mol. The predicted molar refractivity (Wildman–Crippen MR) is 70.5 cm³/mol. The maximum atomic E-state index is 11.6. The van der Waals surface area contributed by atoms with Gasteiger partial charge in [-0.05, 0) is 37.6 Å². The first-order valence-corrected chi connectivity index (χ1v) is 5.91. The van der Waals surface area contributed by atoms with E-state index in [1.807, 2.05) is 0 Å². The molecule has 0 aliphatic rings. The summed E-state index contributed by atoms with van der Waals surface area (Å²) < 4.78 is 0. The lowest BCUT2D eigenvalue weighted by Crippen LogP contribution is -2.11. The van der Waals surface area contributed by atoms with Crippen LogP contribution in [0.4, 0.5) is 5.69 Å². The van der Waals surface area contributed by atoms with E-state index in [0.717, 1.165) is 18.4 Å². The van der Waals surface area contributed by atoms with Crippen LogP contribution in [0.1, 0.15) is 19.3 Å². The highest BCUT2D eigenvalue weighted by molar-refractivity contribution is 5.92. The molecule has 0 bridgehead atoms. The summed E-state index contributed by atoms with van der Waals surface area (Å²) in [4.78, 5) is 28.0. The summed E-state index contributed by atoms with van der Waals surface area (Å²) in [5.41, 5.74) is 7.19. The molecular formula is C12H16N4O2. The number of fused-ring (bicyclic) bond motifs is 1. The van der Waals surface area contributed by atoms with Gasteiger partial charge in [0.1, 0.15) is 0 Å². The second kappa shape index (κ2) is 5.50. The molecule has 0 radical (unpaired) electrons. The van der Waals surface area contributed by atoms with Gasteiger partial charge in [0.2, 0.25) is 5.91 Å². The van der Waals surface area contributed by atoms with Crippen molar-refractivity contribution < 1.29 is 4.79 Å². The number of imidazole rings is 1. The maximum absolute atomic E-state index is 11.6. The van der Waals surface area contributed by atoms with Crippen molar-refractivity contribution >= 4 is 22.6 Å². The number of carbonyl (C=O) groups excluding carboxylic acids is 1. The van der Waals surface area contributed by atoms with E-state index in [1.165, 1.54) is 0 Å². The van der Waals surface area contributed by atoms with Gasteiger partial charge in [0, 0.05) is 12.1 Å². The molecule has 0 spiro atoms. The monoisotopic (exact) mass is 248 g/mol. The summed E-state index contributed by atoms with van der Waals surface area (Å²) in [6.45, 7) is 0.601. The Balaban J connectivity index is 2.02. The summed E-state index contributed by atoms with van der Waals surface area (Å²) in [5, 5.41) is 2.79. The normalized spacial score (nSPS) is 10.7. The van der Waals surface area contributed by atoms with Gasteiger partial charge in [-0.15, -0.1) is 0 Å². The van der Waals surface area contributed by atoms with Crippen LogP contribution >= 0.6 is 0 Å². The van der Waals surface area contributed by atoms with Crippen LogP contribution in [-0.4, -0.2) is 22.4 Å². The van der Waals surface area contributed by atoms with Crippen molar-refractivity contribution in [3.8, 4) is 0 Å². The molecule has 1 aromatic carbocycles. The molecule has 18 heavy (non-hydrogen) atoms. The summed E-state index contributed by atoms with van der Waals surface area (Å²) in [6.07, 6.45) is 2.09. The molecule has 5 N–H and O–H groups in total. The van der Waals surface area contributed by atoms with Crippen LogP contribution in [0.3, 0.4) is 0 Å². The van der Waals surface area contributed by atoms with E-state index >= 15 is 0 Å². The third-order valence-electron chi connectivity index (χ3n) is 2.66. The first kappa shape index (κ1) is 12.4. The minimum atomic E-state index is -0.253. The number of carbonyl (C=O) groups is 1. The third kappa shape index (κ3) is 2.98. The van der Waals surface area contributed by atoms with Crippen LogP contribution in [0.25, 0.3) is 11.0 Å². The van der Waals surface area contributed by atoms with E-state index < -0.39 is 0 Å². The van der Waals surface area contributed by atoms with E-state index in [0.29, 0.717) is 24.2 Å². The average Bonchev–Trinajstić information content (AvgIpc) is 2.69. The zero-order valence-corrected chi connectivity index (χ0v) is 9.95. The largest absolute Gasteiger partial charge is 0.330 e. The van der Waals surface area contributed by atoms with Crippen molar-refractivity contribution in [2.24, 2.45) is 5.73 Å². The number of aromatic nitrogens is 2. The zero-order chi connectivity index (χ0) is 13.0. The van der Waals surface area contributed by atoms with Gasteiger partial charge < -0.3 is 21.0 Å². The van der Waals surface area contributed by atoms with Gasteiger partial charge in [-0.1, -0.05) is 0 Å². The molecule has 6 nitrogen and oxygen atoms in total. The molecule has 0 atom stereocenters. The van der Waals surface area contributed by atoms with Crippen molar-refractivity contribution in [3.05, 3.63) is 28.7 Å². The van der Waals surface area contributed by atoms with Crippen LogP contribution in [0.15, 0.2) is 23.0 Å². The second-order valence-electron chi connectivity index (χ2n) is 4.13. The molecule has 0 saturated carbocycles. The van der Waals surface area contributed by atoms with Gasteiger partial charge in [-0.25, -0.2) is 4.79 Å². The Hall–Kier alpha value is -2.08. The highest BCUT2D eigenvalue weighted by Gasteiger charge is 2.04. The highest BCUT2D eigenvalue weighted by Crippen LogP contribution is 2.14. The maximum Gasteiger partial charge on any atom is 0.323 e. The number of rotatable bonds is 5. The molecule has 6 heteroatoms. The van der Waals surface area contributed by atoms with Crippen LogP contribution < -0.4 is 16.7 Å². The van der Waals surface area contributed by atoms with Crippen LogP contribution in [0.2, 0.25) is 0 Å². The number of nitrogens with two attached hydrogens (primary N) is 1. The Labute approximate surface area is 104 Å². The van der Waals surface area contributed by atoms with Crippen molar-refractivity contribution in [1.82, 2.24) is 9.97 Å². The first-order chi connectivity index (χ1) is 8.69. The quantitative estimate of drug-likeness (QED) is 0.591. The zero-order valence-electron chi connectivity index (χ0n) is 9.95. The molecule has 0 aliphatic heterocycles. The van der Waals surface area contributed by atoms with Crippen LogP contribution in [0.5, 0.6) is 0 Å². The number of unbranched alkanes of at least 4 members (excludes halogenated alkanes) is 1. The molecule has 96 valence electrons. The van der Waals surface area contributed by atoms with Gasteiger partial charge in [-0.3, -0.25) is 4.79 Å². The second-order valence-corrected chi connectivity index (χ2v) is 4.13. The number of aromatic amines is 2. The number of H-pyrrole nitrogens is 2. The number of hydrogen-bond acceptors (Lipinski definition) is 3. The molecule has 2 aromatic rings. The van der Waals surface area contributed by atoms with E-state index in [1.54, 1.807) is 18.2 Å². The van der Waals surface area contributed by atoms with E-state index in [4.69, 9.17) is 5.73 Å². The van der Waals surface area contributed by atoms with Gasteiger partial charge in [0.15, 0.2) is 0 Å². The summed E-state index contributed by atoms with van der Waals surface area (Å²) in [7, 11) is 0. The molecule has 0 unspecified atom stereocenters. The summed E-state index contributed by atoms with van der Waals surface area (Å²) >= 11 is 0. The molecule has 1 amide bonds. The number of anilines is 1. The summed E-state index contributed by atoms with van der Waals surface area (Å²) in [6, 6.07) is 5.24. The van der Waals surface area contributed by atoms with Gasteiger partial charge in [0.05, 0.1) is 11.0 Å². The fraction of sp³-hybridized carbons (Fsp3) is 0.333. The van der Waals surface area contributed by atoms with Gasteiger partial charge in [0.25, 0.3) is 0 Å². The molecule has 2 rings (SSSR count). The molecule has 0 fully saturated rings. The van der Waals surface area contributed by atoms with Gasteiger partial charge >= 0.3 is 5.69 Å². The minimum absolute atomic E-state index is 0.0410. The van der Waals surface area contributed by atoms with Crippen LogP contribution in [-0.2, 0) is 4.79 Å². The fourth-order valence-electron chi connectivity index (χ4n) is 1.76. The Bertz CT molecular complexity index is 599. The molecule has 0 aliphatic carbocycles. The lowest BCUT2D eigenvalue weighted by Gasteiger charge is -2.04. The van der Waals surface area contributed by atoms with E-state index in [2.05, 4.69) is 15.3 Å². The molecular weight excluding hydrogens is 232 g/mol. The van der Waals surface area contributed by atoms with E-state index in [9.17, 15) is 9.59 Å². The van der Waals surface area contributed by atoms with Crippen molar-refractivity contribution in [1.29, 1.82) is 0 Å². The highest BCUT2D eigenvalue weighted by atomic mass is 16.1. The van der Waals surface area contributed by atoms with Crippen molar-refractivity contribution in [3.63, 3.8) is 0 Å². The number of benzene rings is 1. The molecule has 1 aromatic heterocycles. The minimum Gasteiger partial charge on any atom is -0.330 e. The van der Waals surface area contributed by atoms with Crippen LogP contribution in [0, 0.1) is 0 Å². The van der Waals surface area contributed by atoms with Crippen molar-refractivity contribution in [2.45, 2.75) is 19.3 Å². The molecule has 0 saturated heterocycles. The third-order valence-corrected chi connectivity index (χ3v) is 2.66. The Morgan fingerprint density at radius 3 is 2.78 bits per heavy atom. The number of hydrogen-bond donors (Lipinski definition) is 4. The SMILES string of the molecule is NCCCCC(=O)Nc1ccc2[nH]c(=O)[nH]c2c1. The summed E-state index contributed by atoms with van der Waals surface area (Å²) in [5.74, 6) is -0.0410. The lowest BCUT2D eigenvalue weighted by molar-refractivity contribution is -0.116. The van der Waals surface area contributed by atoms with E-state index in [-0.39, 0.29) is 11.6 Å². The standard InChI is InChI=1S/C12H16N4O2/c13-6-2-1-3-11(17)14-8-4-5-9-10(7-8)16-12(18)15-9/h4-5,7H,1-3,6,13H2,(H,14,17)(H2,15,16,18).